The number of carboxylic acids is 1. The molecule has 1 aromatic heterocycles. The van der Waals surface area contributed by atoms with Gasteiger partial charge in [-0.3, -0.25) is 14.6 Å². The maximum Gasteiger partial charge on any atom is 0.306 e. The van der Waals surface area contributed by atoms with Crippen LogP contribution in [0.2, 0.25) is 0 Å². The minimum absolute atomic E-state index is 0.0240. The molecule has 0 bridgehead atoms. The summed E-state index contributed by atoms with van der Waals surface area (Å²) in [5.41, 5.74) is 2.56. The van der Waals surface area contributed by atoms with Crippen molar-refractivity contribution >= 4 is 11.9 Å². The van der Waals surface area contributed by atoms with E-state index in [9.17, 15) is 9.59 Å². The van der Waals surface area contributed by atoms with Crippen molar-refractivity contribution in [2.75, 3.05) is 0 Å². The van der Waals surface area contributed by atoms with Crippen LogP contribution >= 0.6 is 0 Å². The second-order valence-corrected chi connectivity index (χ2v) is 5.69. The fourth-order valence-electron chi connectivity index (χ4n) is 2.67. The number of aromatic nitrogens is 2. The number of amides is 1. The van der Waals surface area contributed by atoms with E-state index in [1.54, 1.807) is 6.92 Å². The van der Waals surface area contributed by atoms with Crippen LogP contribution in [0.5, 0.6) is 0 Å². The lowest BCUT2D eigenvalue weighted by Crippen LogP contribution is -2.39. The van der Waals surface area contributed by atoms with Crippen LogP contribution in [0.15, 0.2) is 0 Å². The summed E-state index contributed by atoms with van der Waals surface area (Å²) in [7, 11) is 0. The molecule has 0 atom stereocenters. The fraction of sp³-hybridized carbons (Fsp3) is 0.600. The van der Waals surface area contributed by atoms with Crippen molar-refractivity contribution in [3.05, 3.63) is 22.8 Å². The lowest BCUT2D eigenvalue weighted by atomic mass is 9.86. The summed E-state index contributed by atoms with van der Waals surface area (Å²) in [4.78, 5) is 31.8. The number of hydrogen-bond acceptors (Lipinski definition) is 4. The third-order valence-electron chi connectivity index (χ3n) is 4.11. The number of carbonyl (C=O) groups excluding carboxylic acids is 1. The molecule has 0 radical (unpaired) electrons. The van der Waals surface area contributed by atoms with E-state index in [0.717, 1.165) is 11.4 Å². The lowest BCUT2D eigenvalue weighted by molar-refractivity contribution is -0.142. The van der Waals surface area contributed by atoms with Crippen molar-refractivity contribution in [3.63, 3.8) is 0 Å². The van der Waals surface area contributed by atoms with E-state index >= 15 is 0 Å². The molecule has 1 aromatic rings. The first-order chi connectivity index (χ1) is 9.88. The SMILES string of the molecule is Cc1nc(C)c(C(=O)NC2CCC(C(=O)O)CC2)nc1C. The highest BCUT2D eigenvalue weighted by molar-refractivity contribution is 5.93. The Labute approximate surface area is 124 Å². The Morgan fingerprint density at radius 1 is 1.00 bits per heavy atom. The van der Waals surface area contributed by atoms with E-state index < -0.39 is 5.97 Å². The van der Waals surface area contributed by atoms with E-state index in [1.165, 1.54) is 0 Å². The molecule has 0 saturated heterocycles. The zero-order valence-corrected chi connectivity index (χ0v) is 12.6. The van der Waals surface area contributed by atoms with Crippen LogP contribution in [-0.4, -0.2) is 33.0 Å². The van der Waals surface area contributed by atoms with Gasteiger partial charge in [0.2, 0.25) is 0 Å². The Kier molecular flexibility index (Phi) is 4.55. The standard InChI is InChI=1S/C15H21N3O3/c1-8-9(2)17-13(10(3)16-8)14(19)18-12-6-4-11(5-7-12)15(20)21/h11-12H,4-7H2,1-3H3,(H,18,19)(H,20,21). The van der Waals surface area contributed by atoms with Crippen molar-refractivity contribution in [3.8, 4) is 0 Å². The normalized spacial score (nSPS) is 21.9. The average molecular weight is 291 g/mol. The summed E-state index contributed by atoms with van der Waals surface area (Å²) in [5, 5.41) is 11.9. The van der Waals surface area contributed by atoms with Crippen molar-refractivity contribution in [1.29, 1.82) is 0 Å². The Hall–Kier alpha value is -1.98. The second kappa shape index (κ2) is 6.20. The average Bonchev–Trinajstić information content (AvgIpc) is 2.43. The van der Waals surface area contributed by atoms with Gasteiger partial charge in [-0.25, -0.2) is 4.98 Å². The molecule has 6 nitrogen and oxygen atoms in total. The quantitative estimate of drug-likeness (QED) is 0.885. The first kappa shape index (κ1) is 15.4. The first-order valence-electron chi connectivity index (χ1n) is 7.24. The minimum Gasteiger partial charge on any atom is -0.481 e. The molecule has 2 rings (SSSR count). The van der Waals surface area contributed by atoms with Crippen LogP contribution < -0.4 is 5.32 Å². The van der Waals surface area contributed by atoms with Gasteiger partial charge in [-0.1, -0.05) is 0 Å². The zero-order valence-electron chi connectivity index (χ0n) is 12.6. The van der Waals surface area contributed by atoms with Gasteiger partial charge in [-0.2, -0.15) is 0 Å². The highest BCUT2D eigenvalue weighted by Gasteiger charge is 2.27. The molecule has 0 aliphatic heterocycles. The predicted molar refractivity (Wildman–Crippen MR) is 77.1 cm³/mol. The van der Waals surface area contributed by atoms with Gasteiger partial charge in [0.15, 0.2) is 0 Å². The Balaban J connectivity index is 2.00. The number of nitrogens with one attached hydrogen (secondary N) is 1. The van der Waals surface area contributed by atoms with Gasteiger partial charge in [0.1, 0.15) is 5.69 Å². The number of carbonyl (C=O) groups is 2. The number of hydrogen-bond donors (Lipinski definition) is 2. The fourth-order valence-corrected chi connectivity index (χ4v) is 2.67. The molecule has 1 aliphatic carbocycles. The molecule has 1 aliphatic rings. The largest absolute Gasteiger partial charge is 0.481 e. The Morgan fingerprint density at radius 3 is 2.14 bits per heavy atom. The summed E-state index contributed by atoms with van der Waals surface area (Å²) in [5.74, 6) is -1.24. The number of carboxylic acid groups (broad SMARTS) is 1. The zero-order chi connectivity index (χ0) is 15.6. The lowest BCUT2D eigenvalue weighted by Gasteiger charge is -2.26. The van der Waals surface area contributed by atoms with E-state index in [4.69, 9.17) is 5.11 Å². The van der Waals surface area contributed by atoms with Gasteiger partial charge >= 0.3 is 5.97 Å². The molecule has 6 heteroatoms. The maximum absolute atomic E-state index is 12.3. The van der Waals surface area contributed by atoms with Crippen LogP contribution in [0.1, 0.15) is 53.3 Å². The van der Waals surface area contributed by atoms with Crippen molar-refractivity contribution in [1.82, 2.24) is 15.3 Å². The van der Waals surface area contributed by atoms with Crippen LogP contribution in [-0.2, 0) is 4.79 Å². The molecule has 0 aromatic carbocycles. The summed E-state index contributed by atoms with van der Waals surface area (Å²) >= 11 is 0. The molecule has 0 spiro atoms. The molecular weight excluding hydrogens is 270 g/mol. The van der Waals surface area contributed by atoms with E-state index in [-0.39, 0.29) is 17.9 Å². The molecule has 21 heavy (non-hydrogen) atoms. The smallest absolute Gasteiger partial charge is 0.306 e. The van der Waals surface area contributed by atoms with Gasteiger partial charge in [0.25, 0.3) is 5.91 Å². The monoisotopic (exact) mass is 291 g/mol. The van der Waals surface area contributed by atoms with Crippen LogP contribution in [0, 0.1) is 26.7 Å². The highest BCUT2D eigenvalue weighted by Crippen LogP contribution is 2.24. The number of nitrogens with zero attached hydrogens (tertiary/aromatic N) is 2. The minimum atomic E-state index is -0.740. The molecule has 114 valence electrons. The van der Waals surface area contributed by atoms with E-state index in [2.05, 4.69) is 15.3 Å². The van der Waals surface area contributed by atoms with Gasteiger partial charge in [0.05, 0.1) is 23.0 Å². The third-order valence-corrected chi connectivity index (χ3v) is 4.11. The van der Waals surface area contributed by atoms with E-state index in [0.29, 0.717) is 37.1 Å². The second-order valence-electron chi connectivity index (χ2n) is 5.69. The maximum atomic E-state index is 12.3. The summed E-state index contributed by atoms with van der Waals surface area (Å²) in [6, 6.07) is 0.0240. The summed E-state index contributed by atoms with van der Waals surface area (Å²) in [6.07, 6.45) is 2.61. The molecule has 1 amide bonds. The van der Waals surface area contributed by atoms with Crippen LogP contribution in [0.4, 0.5) is 0 Å². The number of aliphatic carboxylic acids is 1. The predicted octanol–water partition coefficient (Wildman–Crippen LogP) is 1.78. The number of rotatable bonds is 3. The molecular formula is C15H21N3O3. The van der Waals surface area contributed by atoms with Crippen LogP contribution in [0.25, 0.3) is 0 Å². The molecule has 2 N–H and O–H groups in total. The first-order valence-corrected chi connectivity index (χ1v) is 7.24. The summed E-state index contributed by atoms with van der Waals surface area (Å²) < 4.78 is 0. The van der Waals surface area contributed by atoms with Crippen LogP contribution in [0.3, 0.4) is 0 Å². The molecule has 1 saturated carbocycles. The molecule has 1 heterocycles. The topological polar surface area (TPSA) is 92.2 Å². The van der Waals surface area contributed by atoms with Gasteiger partial charge in [-0.15, -0.1) is 0 Å². The van der Waals surface area contributed by atoms with Crippen molar-refractivity contribution in [2.45, 2.75) is 52.5 Å². The highest BCUT2D eigenvalue weighted by atomic mass is 16.4. The van der Waals surface area contributed by atoms with Gasteiger partial charge in [-0.05, 0) is 46.5 Å². The molecule has 1 fully saturated rings. The van der Waals surface area contributed by atoms with Gasteiger partial charge < -0.3 is 10.4 Å². The van der Waals surface area contributed by atoms with Crippen molar-refractivity contribution in [2.24, 2.45) is 5.92 Å². The van der Waals surface area contributed by atoms with E-state index in [1.807, 2.05) is 13.8 Å². The third kappa shape index (κ3) is 3.56. The Morgan fingerprint density at radius 2 is 1.57 bits per heavy atom. The van der Waals surface area contributed by atoms with Gasteiger partial charge in [0, 0.05) is 6.04 Å². The Bertz CT molecular complexity index is 564. The summed E-state index contributed by atoms with van der Waals surface area (Å²) in [6.45, 7) is 5.47. The van der Waals surface area contributed by atoms with Crippen molar-refractivity contribution < 1.29 is 14.7 Å². The molecule has 0 unspecified atom stereocenters. The number of aryl methyl sites for hydroxylation is 3.